The monoisotopic (exact) mass is 459 g/mol. The lowest BCUT2D eigenvalue weighted by molar-refractivity contribution is -0.137. The molecule has 0 aromatic heterocycles. The zero-order chi connectivity index (χ0) is 24.0. The molecule has 3 rings (SSSR count). The third-order valence-electron chi connectivity index (χ3n) is 6.86. The van der Waals surface area contributed by atoms with Gasteiger partial charge in [0, 0.05) is 24.4 Å². The molecule has 5 nitrogen and oxygen atoms in total. The molecule has 0 spiro atoms. The Labute approximate surface area is 196 Å². The molecule has 0 bridgehead atoms. The van der Waals surface area contributed by atoms with Crippen molar-refractivity contribution in [1.29, 1.82) is 0 Å². The van der Waals surface area contributed by atoms with Gasteiger partial charge in [-0.3, -0.25) is 4.79 Å². The number of carboxylic acids is 1. The molecule has 2 aliphatic rings. The van der Waals surface area contributed by atoms with Crippen molar-refractivity contribution < 1.29 is 24.1 Å². The Morgan fingerprint density at radius 2 is 1.94 bits per heavy atom. The van der Waals surface area contributed by atoms with Crippen molar-refractivity contribution in [3.8, 4) is 0 Å². The highest BCUT2D eigenvalue weighted by atomic mass is 19.1. The summed E-state index contributed by atoms with van der Waals surface area (Å²) in [6, 6.07) is 8.65. The standard InChI is InChI=1S/C27H38FNO4/c1-18(25-10-9-23(28)14-22(25)8-11-26(31)32)33-17-24(30)16-29-27(2,3)15-19-12-20-6-4-5-7-21(20)13-19/h4-7,9,14,18-19,24-25,29-30H,8,10-13,15-17H2,1-3H3,(H,31,32)/t18-,24-,25?/m1/s1. The molecule has 33 heavy (non-hydrogen) atoms. The van der Waals surface area contributed by atoms with Crippen molar-refractivity contribution >= 4 is 5.97 Å². The number of carboxylic acid groups (broad SMARTS) is 1. The van der Waals surface area contributed by atoms with Gasteiger partial charge in [0.1, 0.15) is 5.83 Å². The maximum atomic E-state index is 13.7. The smallest absolute Gasteiger partial charge is 0.303 e. The molecule has 0 saturated carbocycles. The molecule has 1 unspecified atom stereocenters. The van der Waals surface area contributed by atoms with Gasteiger partial charge in [0.2, 0.25) is 0 Å². The molecule has 0 aliphatic heterocycles. The summed E-state index contributed by atoms with van der Waals surface area (Å²) in [5, 5.41) is 23.0. The van der Waals surface area contributed by atoms with E-state index in [9.17, 15) is 14.3 Å². The average molecular weight is 460 g/mol. The predicted octanol–water partition coefficient (Wildman–Crippen LogP) is 4.59. The molecule has 182 valence electrons. The van der Waals surface area contributed by atoms with Crippen LogP contribution in [0.1, 0.15) is 57.6 Å². The van der Waals surface area contributed by atoms with Gasteiger partial charge in [-0.25, -0.2) is 4.39 Å². The predicted molar refractivity (Wildman–Crippen MR) is 128 cm³/mol. The van der Waals surface area contributed by atoms with Crippen LogP contribution in [0.2, 0.25) is 0 Å². The average Bonchev–Trinajstić information content (AvgIpc) is 3.16. The molecule has 6 heteroatoms. The quantitative estimate of drug-likeness (QED) is 0.426. The Morgan fingerprint density at radius 1 is 1.27 bits per heavy atom. The molecule has 0 heterocycles. The first-order chi connectivity index (χ1) is 15.6. The van der Waals surface area contributed by atoms with Crippen LogP contribution in [0.25, 0.3) is 0 Å². The lowest BCUT2D eigenvalue weighted by Gasteiger charge is -2.31. The molecule has 0 radical (unpaired) electrons. The molecular weight excluding hydrogens is 421 g/mol. The van der Waals surface area contributed by atoms with E-state index in [-0.39, 0.29) is 36.4 Å². The number of allylic oxidation sites excluding steroid dienone is 3. The van der Waals surface area contributed by atoms with Crippen molar-refractivity contribution in [2.24, 2.45) is 11.8 Å². The molecule has 0 fully saturated rings. The van der Waals surface area contributed by atoms with E-state index in [2.05, 4.69) is 43.4 Å². The van der Waals surface area contributed by atoms with Gasteiger partial charge in [-0.05, 0) is 82.1 Å². The summed E-state index contributed by atoms with van der Waals surface area (Å²) < 4.78 is 19.6. The van der Waals surface area contributed by atoms with E-state index in [4.69, 9.17) is 9.84 Å². The van der Waals surface area contributed by atoms with Gasteiger partial charge in [0.25, 0.3) is 0 Å². The van der Waals surface area contributed by atoms with Crippen LogP contribution in [0.4, 0.5) is 4.39 Å². The van der Waals surface area contributed by atoms with Crippen molar-refractivity contribution in [1.82, 2.24) is 5.32 Å². The van der Waals surface area contributed by atoms with Gasteiger partial charge in [-0.1, -0.05) is 29.8 Å². The van der Waals surface area contributed by atoms with Crippen LogP contribution in [0.15, 0.2) is 47.8 Å². The van der Waals surface area contributed by atoms with Crippen LogP contribution in [0.3, 0.4) is 0 Å². The van der Waals surface area contributed by atoms with Crippen molar-refractivity contribution in [3.05, 3.63) is 58.9 Å². The summed E-state index contributed by atoms with van der Waals surface area (Å²) in [4.78, 5) is 10.9. The normalized spacial score (nSPS) is 20.7. The highest BCUT2D eigenvalue weighted by Crippen LogP contribution is 2.33. The maximum Gasteiger partial charge on any atom is 0.303 e. The van der Waals surface area contributed by atoms with E-state index in [1.54, 1.807) is 0 Å². The first-order valence-electron chi connectivity index (χ1n) is 12.0. The third kappa shape index (κ3) is 7.76. The van der Waals surface area contributed by atoms with E-state index in [0.717, 1.165) is 24.8 Å². The van der Waals surface area contributed by atoms with Crippen LogP contribution in [0, 0.1) is 11.8 Å². The Morgan fingerprint density at radius 3 is 2.58 bits per heavy atom. The summed E-state index contributed by atoms with van der Waals surface area (Å²) in [6.45, 7) is 6.86. The number of ether oxygens (including phenoxy) is 1. The Hall–Kier alpha value is -2.02. The molecule has 1 aromatic carbocycles. The Kier molecular flexibility index (Phi) is 8.85. The maximum absolute atomic E-state index is 13.7. The van der Waals surface area contributed by atoms with Gasteiger partial charge in [0.05, 0.1) is 18.8 Å². The first-order valence-corrected chi connectivity index (χ1v) is 12.0. The second kappa shape index (κ2) is 11.4. The lowest BCUT2D eigenvalue weighted by Crippen LogP contribution is -2.46. The topological polar surface area (TPSA) is 78.8 Å². The summed E-state index contributed by atoms with van der Waals surface area (Å²) in [5.41, 5.74) is 3.57. The van der Waals surface area contributed by atoms with Gasteiger partial charge in [-0.15, -0.1) is 0 Å². The van der Waals surface area contributed by atoms with Crippen LogP contribution in [-0.4, -0.2) is 47.1 Å². The summed E-state index contributed by atoms with van der Waals surface area (Å²) in [5.74, 6) is -0.696. The van der Waals surface area contributed by atoms with Crippen LogP contribution in [0.5, 0.6) is 0 Å². The van der Waals surface area contributed by atoms with Gasteiger partial charge < -0.3 is 20.3 Å². The number of hydrogen-bond donors (Lipinski definition) is 3. The summed E-state index contributed by atoms with van der Waals surface area (Å²) in [7, 11) is 0. The number of nitrogens with one attached hydrogen (secondary N) is 1. The molecule has 3 atom stereocenters. The molecule has 3 N–H and O–H groups in total. The minimum Gasteiger partial charge on any atom is -0.481 e. The number of benzene rings is 1. The molecule has 2 aliphatic carbocycles. The summed E-state index contributed by atoms with van der Waals surface area (Å²) in [6.07, 6.45) is 6.04. The number of rotatable bonds is 12. The molecule has 0 saturated heterocycles. The van der Waals surface area contributed by atoms with Crippen LogP contribution in [-0.2, 0) is 22.4 Å². The second-order valence-electron chi connectivity index (χ2n) is 10.2. The Balaban J connectivity index is 1.41. The van der Waals surface area contributed by atoms with E-state index >= 15 is 0 Å². The molecule has 1 aromatic rings. The minimum atomic E-state index is -0.899. The van der Waals surface area contributed by atoms with Gasteiger partial charge >= 0.3 is 5.97 Å². The summed E-state index contributed by atoms with van der Waals surface area (Å²) >= 11 is 0. The van der Waals surface area contributed by atoms with Crippen molar-refractivity contribution in [2.45, 2.75) is 77.0 Å². The zero-order valence-electron chi connectivity index (χ0n) is 20.0. The largest absolute Gasteiger partial charge is 0.481 e. The zero-order valence-corrected chi connectivity index (χ0v) is 20.0. The SMILES string of the molecule is C[C@@H](OC[C@H](O)CNC(C)(C)CC1Cc2ccccc2C1)C1CC=C(F)C=C1CCC(=O)O. The highest BCUT2D eigenvalue weighted by molar-refractivity contribution is 5.67. The number of halogens is 1. The fourth-order valence-corrected chi connectivity index (χ4v) is 5.16. The van der Waals surface area contributed by atoms with Gasteiger partial charge in [-0.2, -0.15) is 0 Å². The number of hydrogen-bond acceptors (Lipinski definition) is 4. The van der Waals surface area contributed by atoms with Gasteiger partial charge in [0.15, 0.2) is 0 Å². The second-order valence-corrected chi connectivity index (χ2v) is 10.2. The molecular formula is C27H38FNO4. The first kappa shape index (κ1) is 25.6. The lowest BCUT2D eigenvalue weighted by atomic mass is 9.84. The van der Waals surface area contributed by atoms with Crippen molar-refractivity contribution in [2.75, 3.05) is 13.2 Å². The third-order valence-corrected chi connectivity index (χ3v) is 6.86. The van der Waals surface area contributed by atoms with Crippen molar-refractivity contribution in [3.63, 3.8) is 0 Å². The van der Waals surface area contributed by atoms with E-state index < -0.39 is 12.1 Å². The number of β-amino-alcohol motifs (C(OH)–C–C–N with tert-alkyl or cyclic N) is 1. The number of aliphatic hydroxyl groups is 1. The number of aliphatic carboxylic acids is 1. The minimum absolute atomic E-state index is 0.0317. The Bertz CT molecular complexity index is 854. The highest BCUT2D eigenvalue weighted by Gasteiger charge is 2.29. The molecule has 0 amide bonds. The van der Waals surface area contributed by atoms with E-state index in [1.165, 1.54) is 23.3 Å². The van der Waals surface area contributed by atoms with E-state index in [0.29, 0.717) is 25.3 Å². The number of fused-ring (bicyclic) bond motifs is 1. The van der Waals surface area contributed by atoms with Crippen LogP contribution >= 0.6 is 0 Å². The fourth-order valence-electron chi connectivity index (χ4n) is 5.16. The number of carbonyl (C=O) groups is 1. The number of aliphatic hydroxyl groups excluding tert-OH is 1. The van der Waals surface area contributed by atoms with Crippen LogP contribution < -0.4 is 5.32 Å². The fraction of sp³-hybridized carbons (Fsp3) is 0.593. The van der Waals surface area contributed by atoms with E-state index in [1.807, 2.05) is 6.92 Å².